The summed E-state index contributed by atoms with van der Waals surface area (Å²) >= 11 is 7.30. The summed E-state index contributed by atoms with van der Waals surface area (Å²) in [7, 11) is 0. The van der Waals surface area contributed by atoms with Gasteiger partial charge in [0.15, 0.2) is 0 Å². The molecule has 3 N–H and O–H groups in total. The molecule has 1 saturated carbocycles. The smallest absolute Gasteiger partial charge is 0.228 e. The fraction of sp³-hybridized carbons (Fsp3) is 0.222. The van der Waals surface area contributed by atoms with Crippen LogP contribution >= 0.6 is 23.5 Å². The van der Waals surface area contributed by atoms with Crippen molar-refractivity contribution < 1.29 is 4.79 Å². The number of carbonyl (C=O) groups is 1. The fourth-order valence-electron chi connectivity index (χ4n) is 2.91. The molecular weight excluding hydrogens is 356 g/mol. The van der Waals surface area contributed by atoms with Gasteiger partial charge in [-0.2, -0.15) is 5.10 Å². The van der Waals surface area contributed by atoms with E-state index in [1.54, 1.807) is 6.07 Å². The van der Waals surface area contributed by atoms with E-state index in [2.05, 4.69) is 10.4 Å². The van der Waals surface area contributed by atoms with Gasteiger partial charge in [-0.15, -0.1) is 0 Å². The number of nitrogens with zero attached hydrogens (tertiary/aromatic N) is 2. The van der Waals surface area contributed by atoms with Crippen LogP contribution in [0.25, 0.3) is 10.9 Å². The standard InChI is InChI=1S/C18H17ClN4OS/c19-15-4-2-1-3-11(15)7-18(24)22-12-8-16-14(17(9-12)25-20)10-21-23(16)13-5-6-13/h1-4,8-10,13H,5-7,20H2,(H,22,24). The maximum absolute atomic E-state index is 12.4. The fourth-order valence-corrected chi connectivity index (χ4v) is 3.59. The number of rotatable bonds is 5. The zero-order valence-corrected chi connectivity index (χ0v) is 15.0. The van der Waals surface area contributed by atoms with Crippen LogP contribution in [0.5, 0.6) is 0 Å². The largest absolute Gasteiger partial charge is 0.326 e. The first-order chi connectivity index (χ1) is 12.2. The molecule has 25 heavy (non-hydrogen) atoms. The van der Waals surface area contributed by atoms with E-state index >= 15 is 0 Å². The first-order valence-electron chi connectivity index (χ1n) is 8.07. The molecule has 1 aliphatic carbocycles. The topological polar surface area (TPSA) is 72.9 Å². The molecule has 1 heterocycles. The normalized spacial score (nSPS) is 14.0. The molecule has 0 radical (unpaired) electrons. The lowest BCUT2D eigenvalue weighted by Gasteiger charge is -2.10. The maximum atomic E-state index is 12.4. The number of carbonyl (C=O) groups excluding carboxylic acids is 1. The molecule has 0 unspecified atom stereocenters. The molecule has 1 aromatic heterocycles. The van der Waals surface area contributed by atoms with Gasteiger partial charge in [-0.1, -0.05) is 29.8 Å². The predicted molar refractivity (Wildman–Crippen MR) is 102 cm³/mol. The van der Waals surface area contributed by atoms with Crippen LogP contribution in [-0.4, -0.2) is 15.7 Å². The van der Waals surface area contributed by atoms with Crippen LogP contribution in [0.15, 0.2) is 47.5 Å². The highest BCUT2D eigenvalue weighted by atomic mass is 35.5. The minimum absolute atomic E-state index is 0.113. The number of hydrogen-bond acceptors (Lipinski definition) is 4. The highest BCUT2D eigenvalue weighted by Gasteiger charge is 2.26. The lowest BCUT2D eigenvalue weighted by Crippen LogP contribution is -2.14. The van der Waals surface area contributed by atoms with Gasteiger partial charge in [0, 0.05) is 21.0 Å². The second-order valence-corrected chi connectivity index (χ2v) is 7.24. The molecule has 1 fully saturated rings. The van der Waals surface area contributed by atoms with Crippen molar-refractivity contribution in [3.8, 4) is 0 Å². The van der Waals surface area contributed by atoms with Gasteiger partial charge >= 0.3 is 0 Å². The SMILES string of the molecule is NSc1cc(NC(=O)Cc2ccccc2Cl)cc2c1cnn2C1CC1. The number of aromatic nitrogens is 2. The van der Waals surface area contributed by atoms with Crippen molar-refractivity contribution >= 4 is 46.0 Å². The first kappa shape index (κ1) is 16.4. The highest BCUT2D eigenvalue weighted by Crippen LogP contribution is 2.39. The van der Waals surface area contributed by atoms with E-state index < -0.39 is 0 Å². The molecule has 3 aromatic rings. The lowest BCUT2D eigenvalue weighted by molar-refractivity contribution is -0.115. The number of amides is 1. The molecule has 128 valence electrons. The van der Waals surface area contributed by atoms with Crippen LogP contribution in [-0.2, 0) is 11.2 Å². The third-order valence-corrected chi connectivity index (χ3v) is 5.25. The van der Waals surface area contributed by atoms with Crippen LogP contribution in [0.2, 0.25) is 5.02 Å². The summed E-state index contributed by atoms with van der Waals surface area (Å²) in [6.45, 7) is 0. The molecule has 0 spiro atoms. The van der Waals surface area contributed by atoms with E-state index in [1.165, 1.54) is 11.9 Å². The molecule has 1 aliphatic rings. The van der Waals surface area contributed by atoms with E-state index in [0.29, 0.717) is 11.1 Å². The molecule has 0 bridgehead atoms. The zero-order chi connectivity index (χ0) is 17.4. The van der Waals surface area contributed by atoms with E-state index in [4.69, 9.17) is 16.7 Å². The predicted octanol–water partition coefficient (Wildman–Crippen LogP) is 4.17. The van der Waals surface area contributed by atoms with Crippen molar-refractivity contribution in [2.75, 3.05) is 5.32 Å². The maximum Gasteiger partial charge on any atom is 0.228 e. The summed E-state index contributed by atoms with van der Waals surface area (Å²) in [6, 6.07) is 11.7. The quantitative estimate of drug-likeness (QED) is 0.659. The molecule has 5 nitrogen and oxygen atoms in total. The lowest BCUT2D eigenvalue weighted by atomic mass is 10.1. The Morgan fingerprint density at radius 1 is 1.36 bits per heavy atom. The van der Waals surface area contributed by atoms with Gasteiger partial charge in [-0.25, -0.2) is 0 Å². The molecule has 0 aliphatic heterocycles. The summed E-state index contributed by atoms with van der Waals surface area (Å²) in [5.74, 6) is -0.113. The minimum atomic E-state index is -0.113. The van der Waals surface area contributed by atoms with Crippen LogP contribution in [0.1, 0.15) is 24.4 Å². The van der Waals surface area contributed by atoms with Gasteiger partial charge in [0.1, 0.15) is 0 Å². The third-order valence-electron chi connectivity index (χ3n) is 4.29. The molecule has 0 saturated heterocycles. The first-order valence-corrected chi connectivity index (χ1v) is 9.32. The van der Waals surface area contributed by atoms with Crippen molar-refractivity contribution in [1.82, 2.24) is 9.78 Å². The summed E-state index contributed by atoms with van der Waals surface area (Å²) in [6.07, 6.45) is 4.36. The van der Waals surface area contributed by atoms with Gasteiger partial charge in [0.25, 0.3) is 0 Å². The van der Waals surface area contributed by atoms with Crippen molar-refractivity contribution in [3.05, 3.63) is 53.2 Å². The van der Waals surface area contributed by atoms with Crippen molar-refractivity contribution in [3.63, 3.8) is 0 Å². The average molecular weight is 373 g/mol. The molecule has 2 aromatic carbocycles. The Bertz CT molecular complexity index is 951. The number of nitrogens with two attached hydrogens (primary N) is 1. The third kappa shape index (κ3) is 3.38. The molecule has 0 atom stereocenters. The van der Waals surface area contributed by atoms with Gasteiger partial charge in [-0.05, 0) is 48.6 Å². The number of anilines is 1. The minimum Gasteiger partial charge on any atom is -0.326 e. The molecule has 7 heteroatoms. The Balaban J connectivity index is 1.61. The van der Waals surface area contributed by atoms with E-state index in [-0.39, 0.29) is 12.3 Å². The Hall–Kier alpha value is -2.02. The number of halogens is 1. The number of hydrogen-bond donors (Lipinski definition) is 2. The summed E-state index contributed by atoms with van der Waals surface area (Å²) in [5.41, 5.74) is 2.53. The Morgan fingerprint density at radius 2 is 2.16 bits per heavy atom. The monoisotopic (exact) mass is 372 g/mol. The van der Waals surface area contributed by atoms with Crippen molar-refractivity contribution in [2.24, 2.45) is 5.14 Å². The molecular formula is C18H17ClN4OS. The Kier molecular flexibility index (Phi) is 4.41. The highest BCUT2D eigenvalue weighted by molar-refractivity contribution is 7.97. The van der Waals surface area contributed by atoms with Crippen LogP contribution < -0.4 is 10.5 Å². The summed E-state index contributed by atoms with van der Waals surface area (Å²) in [5, 5.41) is 14.9. The van der Waals surface area contributed by atoms with E-state index in [9.17, 15) is 4.79 Å². The summed E-state index contributed by atoms with van der Waals surface area (Å²) in [4.78, 5) is 13.3. The summed E-state index contributed by atoms with van der Waals surface area (Å²) < 4.78 is 2.03. The van der Waals surface area contributed by atoms with E-state index in [0.717, 1.165) is 39.9 Å². The number of fused-ring (bicyclic) bond motifs is 1. The number of benzene rings is 2. The van der Waals surface area contributed by atoms with Gasteiger partial charge in [-0.3, -0.25) is 14.6 Å². The van der Waals surface area contributed by atoms with E-state index in [1.807, 2.05) is 41.2 Å². The van der Waals surface area contributed by atoms with Crippen molar-refractivity contribution in [2.45, 2.75) is 30.2 Å². The van der Waals surface area contributed by atoms with Gasteiger partial charge < -0.3 is 5.32 Å². The molecule has 4 rings (SSSR count). The molecule has 1 amide bonds. The van der Waals surface area contributed by atoms with Crippen LogP contribution in [0, 0.1) is 0 Å². The Labute approximate surface area is 154 Å². The second-order valence-electron chi connectivity index (χ2n) is 6.16. The van der Waals surface area contributed by atoms with Crippen LogP contribution in [0.4, 0.5) is 5.69 Å². The van der Waals surface area contributed by atoms with Gasteiger partial charge in [0.2, 0.25) is 5.91 Å². The van der Waals surface area contributed by atoms with Gasteiger partial charge in [0.05, 0.1) is 24.2 Å². The number of nitrogens with one attached hydrogen (secondary N) is 1. The van der Waals surface area contributed by atoms with Crippen LogP contribution in [0.3, 0.4) is 0 Å². The average Bonchev–Trinajstić information content (AvgIpc) is 3.36. The van der Waals surface area contributed by atoms with Crippen molar-refractivity contribution in [1.29, 1.82) is 0 Å². The second kappa shape index (κ2) is 6.71. The zero-order valence-electron chi connectivity index (χ0n) is 13.4. The Morgan fingerprint density at radius 3 is 2.88 bits per heavy atom.